The summed E-state index contributed by atoms with van der Waals surface area (Å²) in [5, 5.41) is 2.49. The lowest BCUT2D eigenvalue weighted by molar-refractivity contribution is -0.159. The fraction of sp³-hybridized carbons (Fsp3) is 0.375. The molecular formula is C16H18N2O6. The first-order valence-electron chi connectivity index (χ1n) is 7.41. The number of esters is 1. The molecule has 0 unspecified atom stereocenters. The van der Waals surface area contributed by atoms with Gasteiger partial charge in [0.2, 0.25) is 0 Å². The second-order valence-corrected chi connectivity index (χ2v) is 5.22. The van der Waals surface area contributed by atoms with Crippen LogP contribution in [0, 0.1) is 0 Å². The van der Waals surface area contributed by atoms with Gasteiger partial charge in [0, 0.05) is 18.7 Å². The van der Waals surface area contributed by atoms with Crippen LogP contribution in [0.1, 0.15) is 24.2 Å². The number of hydrogen-bond donors (Lipinski definition) is 1. The predicted molar refractivity (Wildman–Crippen MR) is 82.6 cm³/mol. The van der Waals surface area contributed by atoms with Crippen molar-refractivity contribution in [3.63, 3.8) is 0 Å². The van der Waals surface area contributed by atoms with E-state index in [9.17, 15) is 19.2 Å². The van der Waals surface area contributed by atoms with Crippen LogP contribution < -0.4 is 10.1 Å². The average Bonchev–Trinajstić information content (AvgIpc) is 2.98. The quantitative estimate of drug-likeness (QED) is 0.608. The van der Waals surface area contributed by atoms with Crippen LogP contribution in [-0.4, -0.2) is 54.4 Å². The number of benzene rings is 1. The first-order valence-corrected chi connectivity index (χ1v) is 7.41. The fourth-order valence-electron chi connectivity index (χ4n) is 2.11. The van der Waals surface area contributed by atoms with Crippen LogP contribution in [0.2, 0.25) is 0 Å². The molecule has 1 heterocycles. The molecule has 1 fully saturated rings. The van der Waals surface area contributed by atoms with E-state index in [1.165, 1.54) is 13.8 Å². The van der Waals surface area contributed by atoms with Crippen LogP contribution >= 0.6 is 0 Å². The minimum absolute atomic E-state index is 0.0701. The summed E-state index contributed by atoms with van der Waals surface area (Å²) in [6.07, 6.45) is -1.08. The number of amides is 3. The molecule has 1 saturated heterocycles. The van der Waals surface area contributed by atoms with E-state index < -0.39 is 24.0 Å². The van der Waals surface area contributed by atoms with Crippen molar-refractivity contribution in [1.82, 2.24) is 10.2 Å². The maximum Gasteiger partial charge on any atom is 0.344 e. The minimum atomic E-state index is -1.08. The molecule has 0 saturated carbocycles. The van der Waals surface area contributed by atoms with Crippen LogP contribution in [0.15, 0.2) is 24.3 Å². The summed E-state index contributed by atoms with van der Waals surface area (Å²) in [6, 6.07) is 5.80. The Balaban J connectivity index is 1.81. The van der Waals surface area contributed by atoms with Gasteiger partial charge in [-0.2, -0.15) is 0 Å². The highest BCUT2D eigenvalue weighted by atomic mass is 16.6. The number of nitrogens with one attached hydrogen (secondary N) is 1. The van der Waals surface area contributed by atoms with Crippen molar-refractivity contribution >= 4 is 23.7 Å². The summed E-state index contributed by atoms with van der Waals surface area (Å²) in [4.78, 5) is 47.3. The van der Waals surface area contributed by atoms with E-state index in [1.807, 2.05) is 0 Å². The average molecular weight is 334 g/mol. The first kappa shape index (κ1) is 17.5. The van der Waals surface area contributed by atoms with Gasteiger partial charge in [0.1, 0.15) is 5.75 Å². The summed E-state index contributed by atoms with van der Waals surface area (Å²) in [5.74, 6) is -0.982. The Morgan fingerprint density at radius 1 is 1.25 bits per heavy atom. The zero-order valence-corrected chi connectivity index (χ0v) is 13.4. The molecule has 0 aromatic heterocycles. The normalized spacial score (nSPS) is 14.8. The Morgan fingerprint density at radius 3 is 2.46 bits per heavy atom. The molecular weight excluding hydrogens is 316 g/mol. The molecule has 3 amide bonds. The molecule has 1 N–H and O–H groups in total. The molecule has 0 bridgehead atoms. The number of rotatable bonds is 6. The van der Waals surface area contributed by atoms with E-state index in [-0.39, 0.29) is 18.9 Å². The molecule has 0 radical (unpaired) electrons. The second kappa shape index (κ2) is 7.58. The van der Waals surface area contributed by atoms with Crippen molar-refractivity contribution in [2.75, 3.05) is 19.7 Å². The van der Waals surface area contributed by atoms with Gasteiger partial charge in [0.05, 0.1) is 0 Å². The van der Waals surface area contributed by atoms with Gasteiger partial charge in [0.15, 0.2) is 18.5 Å². The first-order chi connectivity index (χ1) is 11.4. The largest absolute Gasteiger partial charge is 0.482 e. The van der Waals surface area contributed by atoms with Gasteiger partial charge in [0.25, 0.3) is 5.91 Å². The highest BCUT2D eigenvalue weighted by Gasteiger charge is 2.31. The maximum absolute atomic E-state index is 12.0. The van der Waals surface area contributed by atoms with E-state index in [2.05, 4.69) is 5.32 Å². The Kier molecular flexibility index (Phi) is 5.51. The Morgan fingerprint density at radius 2 is 1.92 bits per heavy atom. The molecule has 1 aliphatic heterocycles. The van der Waals surface area contributed by atoms with Crippen molar-refractivity contribution in [3.05, 3.63) is 29.8 Å². The number of carbonyl (C=O) groups is 4. The van der Waals surface area contributed by atoms with Gasteiger partial charge in [-0.1, -0.05) is 0 Å². The highest BCUT2D eigenvalue weighted by Crippen LogP contribution is 2.13. The lowest BCUT2D eigenvalue weighted by Gasteiger charge is -2.18. The highest BCUT2D eigenvalue weighted by molar-refractivity contribution is 5.98. The molecule has 0 spiro atoms. The van der Waals surface area contributed by atoms with Gasteiger partial charge in [-0.15, -0.1) is 0 Å². The van der Waals surface area contributed by atoms with E-state index in [0.717, 1.165) is 4.90 Å². The van der Waals surface area contributed by atoms with Crippen molar-refractivity contribution < 1.29 is 28.7 Å². The van der Waals surface area contributed by atoms with Crippen LogP contribution in [-0.2, 0) is 14.3 Å². The van der Waals surface area contributed by atoms with Crippen molar-refractivity contribution in [2.45, 2.75) is 20.0 Å². The molecule has 8 nitrogen and oxygen atoms in total. The number of urea groups is 1. The lowest BCUT2D eigenvalue weighted by atomic mass is 10.1. The molecule has 1 aromatic rings. The fourth-order valence-corrected chi connectivity index (χ4v) is 2.11. The lowest BCUT2D eigenvalue weighted by Crippen LogP contribution is -2.42. The molecule has 0 aliphatic carbocycles. The third kappa shape index (κ3) is 4.31. The smallest absolute Gasteiger partial charge is 0.344 e. The van der Waals surface area contributed by atoms with Crippen molar-refractivity contribution in [2.24, 2.45) is 0 Å². The van der Waals surface area contributed by atoms with Crippen LogP contribution in [0.25, 0.3) is 0 Å². The summed E-state index contributed by atoms with van der Waals surface area (Å²) < 4.78 is 10.2. The molecule has 1 aromatic carbocycles. The van der Waals surface area contributed by atoms with E-state index >= 15 is 0 Å². The van der Waals surface area contributed by atoms with Crippen LogP contribution in [0.4, 0.5) is 4.79 Å². The zero-order chi connectivity index (χ0) is 17.7. The molecule has 2 rings (SSSR count). The van der Waals surface area contributed by atoms with Gasteiger partial charge >= 0.3 is 12.0 Å². The van der Waals surface area contributed by atoms with E-state index in [1.54, 1.807) is 24.3 Å². The van der Waals surface area contributed by atoms with Gasteiger partial charge in [-0.05, 0) is 38.1 Å². The number of ketones is 1. The number of carbonyl (C=O) groups excluding carboxylic acids is 4. The Hall–Kier alpha value is -2.90. The van der Waals surface area contributed by atoms with Gasteiger partial charge in [-0.3, -0.25) is 14.5 Å². The zero-order valence-electron chi connectivity index (χ0n) is 13.4. The Labute approximate surface area is 138 Å². The third-order valence-electron chi connectivity index (χ3n) is 3.40. The summed E-state index contributed by atoms with van der Waals surface area (Å²) in [6.45, 7) is 3.09. The monoisotopic (exact) mass is 334 g/mol. The topological polar surface area (TPSA) is 102 Å². The number of Topliss-reactive ketones (excluding diaryl/α,β-unsaturated/α-hetero) is 1. The maximum atomic E-state index is 12.0. The van der Waals surface area contributed by atoms with Gasteiger partial charge < -0.3 is 14.8 Å². The molecule has 1 aliphatic rings. The second-order valence-electron chi connectivity index (χ2n) is 5.22. The molecule has 1 atom stereocenters. The summed E-state index contributed by atoms with van der Waals surface area (Å²) in [5.41, 5.74) is 0.535. The molecule has 8 heteroatoms. The number of nitrogens with zero attached hydrogens (tertiary/aromatic N) is 1. The van der Waals surface area contributed by atoms with E-state index in [0.29, 0.717) is 17.9 Å². The molecule has 24 heavy (non-hydrogen) atoms. The van der Waals surface area contributed by atoms with E-state index in [4.69, 9.17) is 9.47 Å². The number of ether oxygens (including phenoxy) is 2. The number of imide groups is 1. The predicted octanol–water partition coefficient (Wildman–Crippen LogP) is 0.751. The molecule has 128 valence electrons. The van der Waals surface area contributed by atoms with Crippen molar-refractivity contribution in [1.29, 1.82) is 0 Å². The SMILES string of the molecule is CC(=O)c1ccc(OCC(=O)O[C@H](C)C(=O)N2CCNC2=O)cc1. The minimum Gasteiger partial charge on any atom is -0.482 e. The Bertz CT molecular complexity index is 655. The van der Waals surface area contributed by atoms with Crippen LogP contribution in [0.3, 0.4) is 0 Å². The number of hydrogen-bond acceptors (Lipinski definition) is 6. The standard InChI is InChI=1S/C16H18N2O6/c1-10(19)12-3-5-13(6-4-12)23-9-14(20)24-11(2)15(21)18-8-7-17-16(18)22/h3-6,11H,7-9H2,1-2H3,(H,17,22)/t11-/m1/s1. The van der Waals surface area contributed by atoms with Crippen molar-refractivity contribution in [3.8, 4) is 5.75 Å². The van der Waals surface area contributed by atoms with Crippen LogP contribution in [0.5, 0.6) is 5.75 Å². The summed E-state index contributed by atoms with van der Waals surface area (Å²) >= 11 is 0. The summed E-state index contributed by atoms with van der Waals surface area (Å²) in [7, 11) is 0. The third-order valence-corrected chi connectivity index (χ3v) is 3.40. The van der Waals surface area contributed by atoms with Gasteiger partial charge in [-0.25, -0.2) is 9.59 Å².